The maximum Gasteiger partial charge on any atom is 0.336 e. The number of hydrogen-bond acceptors (Lipinski definition) is 4. The van der Waals surface area contributed by atoms with E-state index in [1.807, 2.05) is 37.3 Å². The molecule has 0 spiro atoms. The fraction of sp³-hybridized carbons (Fsp3) is 0.167. The van der Waals surface area contributed by atoms with Crippen molar-refractivity contribution in [3.05, 3.63) is 115 Å². The Labute approximate surface area is 227 Å². The number of aryl methyl sites for hydroxylation is 1. The summed E-state index contributed by atoms with van der Waals surface area (Å²) < 4.78 is 2.56. The fourth-order valence-corrected chi connectivity index (χ4v) is 5.76. The molecule has 0 bridgehead atoms. The van der Waals surface area contributed by atoms with Crippen LogP contribution in [0.1, 0.15) is 46.9 Å². The number of aromatic amines is 1. The van der Waals surface area contributed by atoms with E-state index >= 15 is 0 Å². The van der Waals surface area contributed by atoms with E-state index in [0.29, 0.717) is 27.2 Å². The molecule has 196 valence electrons. The normalized spacial score (nSPS) is 15.5. The number of pyridine rings is 1. The van der Waals surface area contributed by atoms with Crippen LogP contribution in [0.2, 0.25) is 5.02 Å². The van der Waals surface area contributed by atoms with Crippen molar-refractivity contribution in [3.63, 3.8) is 0 Å². The highest BCUT2D eigenvalue weighted by Crippen LogP contribution is 2.42. The van der Waals surface area contributed by atoms with Gasteiger partial charge in [0.1, 0.15) is 0 Å². The predicted molar refractivity (Wildman–Crippen MR) is 153 cm³/mol. The summed E-state index contributed by atoms with van der Waals surface area (Å²) in [6.45, 7) is 5.28. The first-order chi connectivity index (χ1) is 18.5. The lowest BCUT2D eigenvalue weighted by Gasteiger charge is -2.21. The number of fused-ring (bicyclic) bond motifs is 4. The van der Waals surface area contributed by atoms with Crippen LogP contribution in [0, 0.1) is 6.92 Å². The van der Waals surface area contributed by atoms with Crippen LogP contribution in [-0.4, -0.2) is 25.0 Å². The van der Waals surface area contributed by atoms with Crippen LogP contribution in [0.5, 0.6) is 0 Å². The summed E-state index contributed by atoms with van der Waals surface area (Å²) in [7, 11) is 0. The molecule has 2 aromatic carbocycles. The molecule has 39 heavy (non-hydrogen) atoms. The van der Waals surface area contributed by atoms with Gasteiger partial charge in [0.15, 0.2) is 0 Å². The lowest BCUT2D eigenvalue weighted by Crippen LogP contribution is -2.39. The van der Waals surface area contributed by atoms with Gasteiger partial charge in [-0.1, -0.05) is 42.0 Å². The molecular weight excluding hydrogens is 516 g/mol. The van der Waals surface area contributed by atoms with Gasteiger partial charge in [0.25, 0.3) is 11.5 Å². The number of nitrogens with one attached hydrogen (secondary N) is 1. The van der Waals surface area contributed by atoms with Crippen molar-refractivity contribution in [1.29, 1.82) is 0 Å². The smallest absolute Gasteiger partial charge is 0.336 e. The number of allylic oxidation sites excluding steroid dienone is 4. The summed E-state index contributed by atoms with van der Waals surface area (Å²) in [6, 6.07) is 11.2. The van der Waals surface area contributed by atoms with Crippen molar-refractivity contribution in [2.75, 3.05) is 0 Å². The third-order valence-electron chi connectivity index (χ3n) is 7.39. The standard InChI is InChI=1S/C30H25ClN4O4/c1-15-12-19(28(32)37)27-26(17-10-9-16(30(2,3)39)13-21(17)33-27)25(15)18-6-4-8-22(18)35-24(36)14-23-20(31)7-5-11-34(23)29(35)38/h4-14,22,33,39H,1-3H3,(H2,32,37). The fourth-order valence-electron chi connectivity index (χ4n) is 5.54. The molecule has 3 heterocycles. The molecule has 0 saturated carbocycles. The SMILES string of the molecule is Cc1cc(C(N)=O)c2[nH]c3cc(C(C)(C)O)ccc3c2c1C1=CC=CC1n1c(=O)cc2c(Cl)cccn2c1=O. The van der Waals surface area contributed by atoms with E-state index in [1.54, 1.807) is 44.3 Å². The van der Waals surface area contributed by atoms with Crippen LogP contribution >= 0.6 is 11.6 Å². The molecule has 0 radical (unpaired) electrons. The van der Waals surface area contributed by atoms with E-state index < -0.39 is 28.8 Å². The average Bonchev–Trinajstić information content (AvgIpc) is 3.48. The number of aliphatic hydroxyl groups is 1. The topological polar surface area (TPSA) is 123 Å². The van der Waals surface area contributed by atoms with Crippen LogP contribution in [0.15, 0.2) is 76.5 Å². The zero-order valence-corrected chi connectivity index (χ0v) is 22.2. The second-order valence-electron chi connectivity index (χ2n) is 10.4. The van der Waals surface area contributed by atoms with Crippen molar-refractivity contribution in [2.24, 2.45) is 5.73 Å². The Balaban J connectivity index is 1.65. The maximum atomic E-state index is 13.6. The van der Waals surface area contributed by atoms with Crippen molar-refractivity contribution < 1.29 is 9.90 Å². The molecule has 0 fully saturated rings. The molecule has 1 amide bonds. The number of aromatic nitrogens is 3. The molecule has 6 rings (SSSR count). The Morgan fingerprint density at radius 1 is 1.15 bits per heavy atom. The van der Waals surface area contributed by atoms with Gasteiger partial charge in [-0.25, -0.2) is 9.36 Å². The van der Waals surface area contributed by atoms with Crippen molar-refractivity contribution >= 4 is 50.4 Å². The number of amides is 1. The Morgan fingerprint density at radius 3 is 2.64 bits per heavy atom. The minimum atomic E-state index is -1.07. The number of carbonyl (C=O) groups is 1. The van der Waals surface area contributed by atoms with E-state index in [0.717, 1.165) is 33.0 Å². The zero-order valence-electron chi connectivity index (χ0n) is 21.4. The number of nitrogens with zero attached hydrogens (tertiary/aromatic N) is 2. The first-order valence-corrected chi connectivity index (χ1v) is 12.8. The van der Waals surface area contributed by atoms with E-state index in [1.165, 1.54) is 15.0 Å². The molecule has 1 aliphatic carbocycles. The molecule has 1 atom stereocenters. The van der Waals surface area contributed by atoms with E-state index in [-0.39, 0.29) is 0 Å². The Kier molecular flexibility index (Phi) is 5.47. The van der Waals surface area contributed by atoms with Gasteiger partial charge in [0, 0.05) is 28.6 Å². The molecule has 0 aliphatic heterocycles. The number of primary amides is 1. The largest absolute Gasteiger partial charge is 0.386 e. The Morgan fingerprint density at radius 2 is 1.92 bits per heavy atom. The van der Waals surface area contributed by atoms with E-state index in [2.05, 4.69) is 4.98 Å². The van der Waals surface area contributed by atoms with E-state index in [9.17, 15) is 19.5 Å². The Hall–Kier alpha value is -4.40. The highest BCUT2D eigenvalue weighted by Gasteiger charge is 2.28. The first kappa shape index (κ1) is 24.9. The number of H-pyrrole nitrogens is 1. The monoisotopic (exact) mass is 540 g/mol. The van der Waals surface area contributed by atoms with Gasteiger partial charge in [-0.15, -0.1) is 0 Å². The second kappa shape index (κ2) is 8.56. The van der Waals surface area contributed by atoms with Crippen molar-refractivity contribution in [2.45, 2.75) is 32.4 Å². The summed E-state index contributed by atoms with van der Waals surface area (Å²) in [5.74, 6) is -0.583. The van der Waals surface area contributed by atoms with Crippen molar-refractivity contribution in [1.82, 2.24) is 14.0 Å². The molecule has 1 unspecified atom stereocenters. The molecule has 8 nitrogen and oxygen atoms in total. The van der Waals surface area contributed by atoms with Crippen LogP contribution in [0.25, 0.3) is 32.9 Å². The second-order valence-corrected chi connectivity index (χ2v) is 10.8. The molecule has 3 aromatic heterocycles. The van der Waals surface area contributed by atoms with Gasteiger partial charge in [-0.3, -0.25) is 14.0 Å². The van der Waals surface area contributed by atoms with Gasteiger partial charge in [0.2, 0.25) is 0 Å². The summed E-state index contributed by atoms with van der Waals surface area (Å²) >= 11 is 6.26. The molecule has 4 N–H and O–H groups in total. The number of carbonyl (C=O) groups excluding carboxylic acids is 1. The highest BCUT2D eigenvalue weighted by molar-refractivity contribution is 6.33. The quantitative estimate of drug-likeness (QED) is 0.309. The summed E-state index contributed by atoms with van der Waals surface area (Å²) in [5.41, 5.74) is 8.62. The number of hydrogen-bond donors (Lipinski definition) is 3. The first-order valence-electron chi connectivity index (χ1n) is 12.4. The third kappa shape index (κ3) is 3.75. The van der Waals surface area contributed by atoms with Gasteiger partial charge in [0.05, 0.1) is 33.3 Å². The van der Waals surface area contributed by atoms with Crippen LogP contribution < -0.4 is 17.0 Å². The van der Waals surface area contributed by atoms with Gasteiger partial charge in [-0.2, -0.15) is 0 Å². The number of benzene rings is 2. The molecule has 5 aromatic rings. The minimum Gasteiger partial charge on any atom is -0.386 e. The molecule has 9 heteroatoms. The molecule has 0 saturated heterocycles. The Bertz CT molecular complexity index is 2050. The summed E-state index contributed by atoms with van der Waals surface area (Å²) in [5, 5.41) is 12.4. The minimum absolute atomic E-state index is 0.306. The van der Waals surface area contributed by atoms with Crippen LogP contribution in [0.3, 0.4) is 0 Å². The van der Waals surface area contributed by atoms with Crippen LogP contribution in [0.4, 0.5) is 0 Å². The number of halogens is 1. The average molecular weight is 541 g/mol. The zero-order chi connectivity index (χ0) is 27.8. The summed E-state index contributed by atoms with van der Waals surface area (Å²) in [6.07, 6.45) is 7.06. The summed E-state index contributed by atoms with van der Waals surface area (Å²) in [4.78, 5) is 42.7. The van der Waals surface area contributed by atoms with Gasteiger partial charge >= 0.3 is 5.69 Å². The van der Waals surface area contributed by atoms with E-state index in [4.69, 9.17) is 17.3 Å². The molecule has 1 aliphatic rings. The van der Waals surface area contributed by atoms with Crippen LogP contribution in [-0.2, 0) is 5.60 Å². The highest BCUT2D eigenvalue weighted by atomic mass is 35.5. The van der Waals surface area contributed by atoms with Gasteiger partial charge < -0.3 is 15.8 Å². The van der Waals surface area contributed by atoms with Gasteiger partial charge in [-0.05, 0) is 67.3 Å². The number of rotatable bonds is 4. The molecular formula is C30H25ClN4O4. The van der Waals surface area contributed by atoms with Crippen molar-refractivity contribution in [3.8, 4) is 0 Å². The third-order valence-corrected chi connectivity index (χ3v) is 7.71. The predicted octanol–water partition coefficient (Wildman–Crippen LogP) is 4.58. The number of nitrogens with two attached hydrogens (primary N) is 1. The lowest BCUT2D eigenvalue weighted by atomic mass is 9.89. The lowest BCUT2D eigenvalue weighted by molar-refractivity contribution is 0.0787. The maximum absolute atomic E-state index is 13.6.